The van der Waals surface area contributed by atoms with Crippen LogP contribution in [0.25, 0.3) is 0 Å². The Morgan fingerprint density at radius 2 is 1.82 bits per heavy atom. The van der Waals surface area contributed by atoms with Crippen molar-refractivity contribution >= 4 is 17.7 Å². The largest absolute Gasteiger partial charge is 0.322 e. The van der Waals surface area contributed by atoms with Gasteiger partial charge in [0, 0.05) is 55.0 Å². The number of hydrogen-bond acceptors (Lipinski definition) is 6. The van der Waals surface area contributed by atoms with E-state index in [0.29, 0.717) is 24.1 Å². The number of fused-ring (bicyclic) bond motifs is 1. The zero-order chi connectivity index (χ0) is 25.9. The molecule has 3 atom stereocenters. The van der Waals surface area contributed by atoms with Gasteiger partial charge in [-0.15, -0.1) is 0 Å². The van der Waals surface area contributed by atoms with Gasteiger partial charge in [-0.05, 0) is 86.3 Å². The minimum Gasteiger partial charge on any atom is -0.322 e. The zero-order valence-electron chi connectivity index (χ0n) is 21.7. The van der Waals surface area contributed by atoms with Crippen LogP contribution in [-0.2, 0) is 35.5 Å². The average molecular weight is 514 g/mol. The van der Waals surface area contributed by atoms with E-state index in [1.165, 1.54) is 32.1 Å². The highest BCUT2D eigenvalue weighted by Gasteiger charge is 2.57. The lowest BCUT2D eigenvalue weighted by Gasteiger charge is -2.34. The summed E-state index contributed by atoms with van der Waals surface area (Å²) in [6.07, 6.45) is 14.1. The molecule has 4 saturated carbocycles. The fraction of sp³-hybridized carbons (Fsp3) is 0.567. The molecule has 1 aromatic heterocycles. The molecular formula is C30H35N5O3. The molecule has 2 aromatic rings. The number of rotatable bonds is 8. The van der Waals surface area contributed by atoms with E-state index in [-0.39, 0.29) is 24.1 Å². The fourth-order valence-electron chi connectivity index (χ4n) is 8.29. The molecule has 0 spiro atoms. The molecule has 3 heterocycles. The molecule has 8 nitrogen and oxygen atoms in total. The second-order valence-electron chi connectivity index (χ2n) is 12.3. The lowest BCUT2D eigenvalue weighted by molar-refractivity contribution is -0.136. The van der Waals surface area contributed by atoms with Crippen LogP contribution < -0.4 is 10.6 Å². The third-order valence-corrected chi connectivity index (χ3v) is 9.92. The summed E-state index contributed by atoms with van der Waals surface area (Å²) >= 11 is 0. The maximum absolute atomic E-state index is 13.1. The summed E-state index contributed by atoms with van der Waals surface area (Å²) in [5, 5.41) is 6.29. The van der Waals surface area contributed by atoms with Crippen LogP contribution in [-0.4, -0.2) is 44.2 Å². The van der Waals surface area contributed by atoms with Crippen molar-refractivity contribution < 1.29 is 14.4 Å². The van der Waals surface area contributed by atoms with Gasteiger partial charge >= 0.3 is 0 Å². The number of nitrogens with zero attached hydrogens (tertiary/aromatic N) is 3. The highest BCUT2D eigenvalue weighted by molar-refractivity contribution is 6.05. The van der Waals surface area contributed by atoms with Crippen molar-refractivity contribution in [1.82, 2.24) is 25.5 Å². The molecule has 0 radical (unpaired) electrons. The van der Waals surface area contributed by atoms with Crippen LogP contribution in [0.3, 0.4) is 0 Å². The molecule has 1 saturated heterocycles. The molecule has 3 unspecified atom stereocenters. The number of carbonyl (C=O) groups excluding carboxylic acids is 3. The predicted octanol–water partition coefficient (Wildman–Crippen LogP) is 3.08. The summed E-state index contributed by atoms with van der Waals surface area (Å²) in [5.41, 5.74) is 4.33. The monoisotopic (exact) mass is 513 g/mol. The zero-order valence-corrected chi connectivity index (χ0v) is 21.7. The number of amides is 3. The van der Waals surface area contributed by atoms with E-state index < -0.39 is 6.04 Å². The van der Waals surface area contributed by atoms with Gasteiger partial charge in [0.05, 0.1) is 0 Å². The maximum atomic E-state index is 13.1. The van der Waals surface area contributed by atoms with Crippen molar-refractivity contribution in [2.24, 2.45) is 17.8 Å². The number of aromatic nitrogens is 2. The minimum atomic E-state index is -0.583. The van der Waals surface area contributed by atoms with E-state index in [0.717, 1.165) is 66.1 Å². The number of nitrogens with one attached hydrogen (secondary N) is 2. The van der Waals surface area contributed by atoms with Gasteiger partial charge in [0.2, 0.25) is 11.8 Å². The Hall–Kier alpha value is -3.13. The summed E-state index contributed by atoms with van der Waals surface area (Å²) in [6.45, 7) is 1.27. The van der Waals surface area contributed by atoms with Crippen molar-refractivity contribution in [3.05, 3.63) is 58.7 Å². The van der Waals surface area contributed by atoms with Crippen molar-refractivity contribution in [1.29, 1.82) is 0 Å². The molecule has 4 bridgehead atoms. The highest BCUT2D eigenvalue weighted by Crippen LogP contribution is 2.60. The van der Waals surface area contributed by atoms with Gasteiger partial charge < -0.3 is 10.2 Å². The Labute approximate surface area is 223 Å². The Morgan fingerprint density at radius 1 is 1.03 bits per heavy atom. The highest BCUT2D eigenvalue weighted by atomic mass is 16.2. The van der Waals surface area contributed by atoms with Crippen LogP contribution >= 0.6 is 0 Å². The van der Waals surface area contributed by atoms with Crippen molar-refractivity contribution in [2.45, 2.75) is 88.9 Å². The van der Waals surface area contributed by atoms with Crippen LogP contribution in [0, 0.1) is 17.8 Å². The van der Waals surface area contributed by atoms with E-state index in [1.807, 2.05) is 24.5 Å². The van der Waals surface area contributed by atoms with E-state index in [1.54, 1.807) is 4.90 Å². The second kappa shape index (κ2) is 9.26. The lowest BCUT2D eigenvalue weighted by atomic mass is 9.80. The minimum absolute atomic E-state index is 0.123. The average Bonchev–Trinajstić information content (AvgIpc) is 3.46. The summed E-state index contributed by atoms with van der Waals surface area (Å²) in [5.74, 6) is 2.85. The van der Waals surface area contributed by atoms with Crippen LogP contribution in [0.1, 0.15) is 84.2 Å². The molecular weight excluding hydrogens is 478 g/mol. The summed E-state index contributed by atoms with van der Waals surface area (Å²) < 4.78 is 0. The summed E-state index contributed by atoms with van der Waals surface area (Å²) in [4.78, 5) is 47.9. The fourth-order valence-corrected chi connectivity index (χ4v) is 8.29. The molecule has 5 fully saturated rings. The Kier molecular flexibility index (Phi) is 5.83. The summed E-state index contributed by atoms with van der Waals surface area (Å²) in [6, 6.07) is 5.24. The van der Waals surface area contributed by atoms with E-state index in [4.69, 9.17) is 0 Å². The predicted molar refractivity (Wildman–Crippen MR) is 140 cm³/mol. The molecule has 1 aromatic carbocycles. The van der Waals surface area contributed by atoms with Gasteiger partial charge in [-0.2, -0.15) is 0 Å². The van der Waals surface area contributed by atoms with Crippen LogP contribution in [0.15, 0.2) is 30.6 Å². The number of hydrogen-bond donors (Lipinski definition) is 2. The molecule has 38 heavy (non-hydrogen) atoms. The SMILES string of the molecule is O=C1CCC(N2Cc3c(CCCc4ncc(CNC56CC7CC(CC5C7)C6)cn4)cccc3C2=O)C(=O)N1. The number of benzene rings is 1. The van der Waals surface area contributed by atoms with E-state index in [9.17, 15) is 14.4 Å². The Morgan fingerprint density at radius 3 is 2.58 bits per heavy atom. The Balaban J connectivity index is 0.939. The Bertz CT molecular complexity index is 1280. The van der Waals surface area contributed by atoms with Crippen LogP contribution in [0.4, 0.5) is 0 Å². The third kappa shape index (κ3) is 4.13. The second-order valence-corrected chi connectivity index (χ2v) is 12.3. The maximum Gasteiger partial charge on any atom is 0.255 e. The topological polar surface area (TPSA) is 104 Å². The van der Waals surface area contributed by atoms with Crippen LogP contribution in [0.5, 0.6) is 0 Å². The van der Waals surface area contributed by atoms with E-state index >= 15 is 0 Å². The number of carbonyl (C=O) groups is 3. The van der Waals surface area contributed by atoms with Gasteiger partial charge in [0.1, 0.15) is 11.9 Å². The molecule has 6 aliphatic rings. The molecule has 2 aliphatic heterocycles. The first-order valence-electron chi connectivity index (χ1n) is 14.3. The first-order chi connectivity index (χ1) is 18.5. The van der Waals surface area contributed by atoms with Gasteiger partial charge in [-0.1, -0.05) is 12.1 Å². The van der Waals surface area contributed by atoms with Gasteiger partial charge in [-0.3, -0.25) is 19.7 Å². The number of imide groups is 1. The van der Waals surface area contributed by atoms with Gasteiger partial charge in [0.15, 0.2) is 0 Å². The quantitative estimate of drug-likeness (QED) is 0.526. The number of piperidine rings is 1. The summed E-state index contributed by atoms with van der Waals surface area (Å²) in [7, 11) is 0. The van der Waals surface area contributed by atoms with Gasteiger partial charge in [0.25, 0.3) is 5.91 Å². The molecule has 198 valence electrons. The smallest absolute Gasteiger partial charge is 0.255 e. The number of aryl methyl sites for hydroxylation is 2. The van der Waals surface area contributed by atoms with Crippen molar-refractivity contribution in [3.63, 3.8) is 0 Å². The van der Waals surface area contributed by atoms with Crippen molar-refractivity contribution in [2.75, 3.05) is 0 Å². The third-order valence-electron chi connectivity index (χ3n) is 9.92. The lowest BCUT2D eigenvalue weighted by Crippen LogP contribution is -2.52. The van der Waals surface area contributed by atoms with Crippen molar-refractivity contribution in [3.8, 4) is 0 Å². The van der Waals surface area contributed by atoms with E-state index in [2.05, 4.69) is 26.7 Å². The standard InChI is InChI=1S/C30H35N5O3/c36-27-8-7-25(28(37)34-27)35-17-24-21(3-1-5-23(24)29(35)38)4-2-6-26-31-14-20(15-32-26)16-33-30-12-18-9-19(13-30)11-22(30)10-18/h1,3,5,14-15,18-19,22,25,33H,2,4,6-13,16-17H2,(H,34,36,37). The molecule has 8 rings (SSSR count). The first-order valence-corrected chi connectivity index (χ1v) is 14.3. The molecule has 4 aliphatic carbocycles. The van der Waals surface area contributed by atoms with Crippen LogP contribution in [0.2, 0.25) is 0 Å². The first kappa shape index (κ1) is 23.9. The molecule has 8 heteroatoms. The van der Waals surface area contributed by atoms with Gasteiger partial charge in [-0.25, -0.2) is 9.97 Å². The molecule has 3 amide bonds. The molecule has 2 N–H and O–H groups in total. The normalized spacial score (nSPS) is 31.3.